The smallest absolute Gasteiger partial charge is 0.424 e. The zero-order valence-electron chi connectivity index (χ0n) is 16.5. The number of nitro benzene ring substituents is 1. The third kappa shape index (κ3) is 4.98. The lowest BCUT2D eigenvalue weighted by molar-refractivity contribution is -0.387. The zero-order valence-corrected chi connectivity index (χ0v) is 17.3. The van der Waals surface area contributed by atoms with E-state index in [9.17, 15) is 49.7 Å². The van der Waals surface area contributed by atoms with Crippen LogP contribution >= 0.6 is 0 Å². The summed E-state index contributed by atoms with van der Waals surface area (Å²) in [6, 6.07) is 3.32. The van der Waals surface area contributed by atoms with Gasteiger partial charge >= 0.3 is 18.4 Å². The van der Waals surface area contributed by atoms with Crippen molar-refractivity contribution in [1.29, 1.82) is 0 Å². The van der Waals surface area contributed by atoms with E-state index in [1.807, 2.05) is 0 Å². The van der Waals surface area contributed by atoms with Crippen LogP contribution in [0.25, 0.3) is 6.08 Å². The third-order valence-corrected chi connectivity index (χ3v) is 6.42. The van der Waals surface area contributed by atoms with E-state index in [0.29, 0.717) is 12.1 Å². The molecule has 34 heavy (non-hydrogen) atoms. The molecule has 1 heterocycles. The van der Waals surface area contributed by atoms with Crippen LogP contribution in [0.3, 0.4) is 0 Å². The van der Waals surface area contributed by atoms with Crippen LogP contribution < -0.4 is 0 Å². The largest absolute Gasteiger partial charge is 0.446 e. The van der Waals surface area contributed by atoms with Gasteiger partial charge in [-0.15, -0.1) is 0 Å². The molecule has 0 aliphatic carbocycles. The minimum atomic E-state index is -5.10. The SMILES string of the molecule is O=C1OCC(/C=C/c2cc(C(F)(F)F)cc(C(F)(F)F)c2)N1S(=O)(=O)c1ccccc1[N+](=O)[O-]. The van der Waals surface area contributed by atoms with Crippen molar-refractivity contribution in [1.82, 2.24) is 4.31 Å². The number of nitrogens with zero attached hydrogens (tertiary/aromatic N) is 2. The second-order valence-corrected chi connectivity index (χ2v) is 8.65. The van der Waals surface area contributed by atoms with Crippen LogP contribution in [0.5, 0.6) is 0 Å². The molecule has 0 saturated carbocycles. The first-order valence-electron chi connectivity index (χ1n) is 9.04. The van der Waals surface area contributed by atoms with Crippen LogP contribution in [0.1, 0.15) is 16.7 Å². The minimum Gasteiger partial charge on any atom is -0.446 e. The molecule has 0 aromatic heterocycles. The number of carbonyl (C=O) groups excluding carboxylic acids is 1. The standard InChI is InChI=1S/C19H12F6N2O6S/c20-18(21,22)12-7-11(8-13(9-12)19(23,24)25)5-6-14-10-33-17(28)26(14)34(31,32)16-4-2-1-3-15(16)27(29)30/h1-9,14H,10H2/b6-5+. The van der Waals surface area contributed by atoms with Gasteiger partial charge in [-0.25, -0.2) is 13.2 Å². The number of nitro groups is 1. The van der Waals surface area contributed by atoms with Gasteiger partial charge in [0.15, 0.2) is 4.90 Å². The summed E-state index contributed by atoms with van der Waals surface area (Å²) in [4.78, 5) is 21.4. The van der Waals surface area contributed by atoms with Gasteiger partial charge in [0, 0.05) is 6.07 Å². The molecule has 1 unspecified atom stereocenters. The van der Waals surface area contributed by atoms with E-state index in [2.05, 4.69) is 4.74 Å². The maximum Gasteiger partial charge on any atom is 0.424 e. The van der Waals surface area contributed by atoms with Crippen molar-refractivity contribution < 1.29 is 49.2 Å². The highest BCUT2D eigenvalue weighted by Crippen LogP contribution is 2.37. The Kier molecular flexibility index (Phi) is 6.34. The third-order valence-electron chi connectivity index (χ3n) is 4.58. The quantitative estimate of drug-likeness (QED) is 0.323. The number of benzene rings is 2. The molecule has 1 amide bonds. The number of para-hydroxylation sites is 1. The van der Waals surface area contributed by atoms with Crippen molar-refractivity contribution in [3.8, 4) is 0 Å². The van der Waals surface area contributed by atoms with E-state index >= 15 is 0 Å². The molecule has 15 heteroatoms. The van der Waals surface area contributed by atoms with Crippen molar-refractivity contribution in [2.45, 2.75) is 23.3 Å². The Hall–Kier alpha value is -3.62. The fraction of sp³-hybridized carbons (Fsp3) is 0.211. The van der Waals surface area contributed by atoms with Crippen molar-refractivity contribution in [2.75, 3.05) is 6.61 Å². The van der Waals surface area contributed by atoms with E-state index in [-0.39, 0.29) is 10.4 Å². The summed E-state index contributed by atoms with van der Waals surface area (Å²) in [6.45, 7) is -0.625. The average molecular weight is 510 g/mol. The van der Waals surface area contributed by atoms with Gasteiger partial charge in [0.2, 0.25) is 0 Å². The number of amides is 1. The average Bonchev–Trinajstić information content (AvgIpc) is 3.12. The van der Waals surface area contributed by atoms with E-state index in [1.54, 1.807) is 0 Å². The fourth-order valence-corrected chi connectivity index (χ4v) is 4.67. The Morgan fingerprint density at radius 3 is 2.12 bits per heavy atom. The molecule has 182 valence electrons. The van der Waals surface area contributed by atoms with Crippen molar-refractivity contribution >= 4 is 27.9 Å². The number of carbonyl (C=O) groups is 1. The predicted octanol–water partition coefficient (Wildman–Crippen LogP) is 4.86. The van der Waals surface area contributed by atoms with E-state index in [0.717, 1.165) is 30.4 Å². The van der Waals surface area contributed by atoms with Crippen LogP contribution in [-0.2, 0) is 27.1 Å². The van der Waals surface area contributed by atoms with Crippen LogP contribution in [0.4, 0.5) is 36.8 Å². The van der Waals surface area contributed by atoms with Gasteiger partial charge in [0.25, 0.3) is 15.7 Å². The van der Waals surface area contributed by atoms with Gasteiger partial charge in [-0.3, -0.25) is 10.1 Å². The highest BCUT2D eigenvalue weighted by Gasteiger charge is 2.44. The molecule has 0 bridgehead atoms. The fourth-order valence-electron chi connectivity index (χ4n) is 3.06. The number of sulfonamides is 1. The number of hydrogen-bond acceptors (Lipinski definition) is 6. The monoisotopic (exact) mass is 510 g/mol. The molecular weight excluding hydrogens is 498 g/mol. The maximum absolute atomic E-state index is 13.0. The first-order chi connectivity index (χ1) is 15.6. The lowest BCUT2D eigenvalue weighted by Crippen LogP contribution is -2.38. The number of hydrogen-bond donors (Lipinski definition) is 0. The van der Waals surface area contributed by atoms with Gasteiger partial charge in [-0.1, -0.05) is 24.3 Å². The van der Waals surface area contributed by atoms with Crippen LogP contribution in [0.15, 0.2) is 53.4 Å². The summed E-state index contributed by atoms with van der Waals surface area (Å²) in [5.74, 6) is 0. The summed E-state index contributed by atoms with van der Waals surface area (Å²) in [7, 11) is -4.87. The van der Waals surface area contributed by atoms with Crippen molar-refractivity contribution in [3.05, 3.63) is 75.3 Å². The molecule has 2 aromatic rings. The number of alkyl halides is 6. The molecule has 1 saturated heterocycles. The molecule has 0 spiro atoms. The highest BCUT2D eigenvalue weighted by atomic mass is 32.2. The van der Waals surface area contributed by atoms with Crippen LogP contribution in [0.2, 0.25) is 0 Å². The molecule has 1 aliphatic heterocycles. The Balaban J connectivity index is 2.03. The van der Waals surface area contributed by atoms with Gasteiger partial charge < -0.3 is 4.74 Å². The second-order valence-electron chi connectivity index (χ2n) is 6.87. The van der Waals surface area contributed by atoms with Gasteiger partial charge in [0.05, 0.1) is 16.1 Å². The van der Waals surface area contributed by atoms with Gasteiger partial charge in [0.1, 0.15) is 12.6 Å². The Morgan fingerprint density at radius 2 is 1.59 bits per heavy atom. The van der Waals surface area contributed by atoms with Crippen LogP contribution in [0, 0.1) is 10.1 Å². The summed E-state index contributed by atoms with van der Waals surface area (Å²) in [6.07, 6.45) is -10.0. The van der Waals surface area contributed by atoms with Crippen molar-refractivity contribution in [3.63, 3.8) is 0 Å². The molecule has 1 fully saturated rings. The van der Waals surface area contributed by atoms with Crippen LogP contribution in [-0.4, -0.2) is 36.4 Å². The second kappa shape index (κ2) is 8.62. The van der Waals surface area contributed by atoms with Crippen molar-refractivity contribution in [2.24, 2.45) is 0 Å². The number of rotatable bonds is 5. The molecule has 0 N–H and O–H groups in total. The number of ether oxygens (including phenoxy) is 1. The summed E-state index contributed by atoms with van der Waals surface area (Å²) >= 11 is 0. The predicted molar refractivity (Wildman–Crippen MR) is 103 cm³/mol. The molecule has 8 nitrogen and oxygen atoms in total. The molecular formula is C19H12F6N2O6S. The molecule has 1 atom stereocenters. The number of cyclic esters (lactones) is 1. The number of halogens is 6. The topological polar surface area (TPSA) is 107 Å². The lowest BCUT2D eigenvalue weighted by Gasteiger charge is -2.19. The molecule has 2 aromatic carbocycles. The highest BCUT2D eigenvalue weighted by molar-refractivity contribution is 7.89. The minimum absolute atomic E-state index is 0.0785. The maximum atomic E-state index is 13.0. The molecule has 3 rings (SSSR count). The molecule has 1 aliphatic rings. The lowest BCUT2D eigenvalue weighted by atomic mass is 10.0. The van der Waals surface area contributed by atoms with E-state index < -0.39 is 73.3 Å². The molecule has 0 radical (unpaired) electrons. The Labute approximate surface area is 187 Å². The summed E-state index contributed by atoms with van der Waals surface area (Å²) in [5, 5.41) is 11.2. The first-order valence-corrected chi connectivity index (χ1v) is 10.5. The zero-order chi connectivity index (χ0) is 25.5. The summed E-state index contributed by atoms with van der Waals surface area (Å²) in [5.41, 5.74) is -4.61. The van der Waals surface area contributed by atoms with E-state index in [1.165, 1.54) is 6.07 Å². The van der Waals surface area contributed by atoms with Gasteiger partial charge in [-0.05, 0) is 29.8 Å². The van der Waals surface area contributed by atoms with E-state index in [4.69, 9.17) is 0 Å². The first kappa shape index (κ1) is 25.0. The summed E-state index contributed by atoms with van der Waals surface area (Å²) < 4.78 is 109. The van der Waals surface area contributed by atoms with Gasteiger partial charge in [-0.2, -0.15) is 30.6 Å². The normalized spacial score (nSPS) is 17.3. The Bertz CT molecular complexity index is 1240. The Morgan fingerprint density at radius 1 is 1.03 bits per heavy atom.